The number of nitrogens with one attached hydrogen (secondary N) is 2. The van der Waals surface area contributed by atoms with E-state index in [1.54, 1.807) is 31.3 Å². The van der Waals surface area contributed by atoms with Crippen LogP contribution in [0.15, 0.2) is 47.5 Å². The number of ketones is 1. The number of carbonyl (C=O) groups is 2. The second-order valence-corrected chi connectivity index (χ2v) is 4.77. The molecule has 0 aliphatic rings. The summed E-state index contributed by atoms with van der Waals surface area (Å²) < 4.78 is 0. The second kappa shape index (κ2) is 6.67. The zero-order valence-corrected chi connectivity index (χ0v) is 12.5. The molecule has 2 aromatic carbocycles. The quantitative estimate of drug-likeness (QED) is 0.655. The zero-order valence-electron chi connectivity index (χ0n) is 12.5. The number of amides is 1. The highest BCUT2D eigenvalue weighted by molar-refractivity contribution is 6.07. The Kier molecular flexibility index (Phi) is 4.68. The van der Waals surface area contributed by atoms with Crippen molar-refractivity contribution in [3.8, 4) is 0 Å². The number of anilines is 2. The molecule has 0 fully saturated rings. The first kappa shape index (κ1) is 15.4. The molecule has 5 heteroatoms. The van der Waals surface area contributed by atoms with Gasteiger partial charge >= 0.3 is 0 Å². The highest BCUT2D eigenvalue weighted by Gasteiger charge is 2.11. The molecule has 0 unspecified atom stereocenters. The van der Waals surface area contributed by atoms with Crippen molar-refractivity contribution in [1.82, 2.24) is 0 Å². The van der Waals surface area contributed by atoms with Crippen molar-refractivity contribution in [2.24, 2.45) is 4.99 Å². The van der Waals surface area contributed by atoms with Crippen molar-refractivity contribution >= 4 is 35.5 Å². The Balaban J connectivity index is 2.30. The monoisotopic (exact) mass is 295 g/mol. The summed E-state index contributed by atoms with van der Waals surface area (Å²) in [5, 5.41) is 5.80. The summed E-state index contributed by atoms with van der Waals surface area (Å²) in [6.07, 6.45) is 0. The molecular formula is C17H17N3O2. The standard InChI is InChI=1S/C17H17N3O2/c1-11(21)12-7-13(9-16(8-12)19-3)17(22)20-15-6-4-5-14(10-15)18-2/h4-10,18H,3H2,1-2H3,(H,20,22). The van der Waals surface area contributed by atoms with E-state index in [0.717, 1.165) is 5.69 Å². The number of aliphatic imine (C=N–C) groups is 1. The van der Waals surface area contributed by atoms with Gasteiger partial charge in [0.1, 0.15) is 0 Å². The summed E-state index contributed by atoms with van der Waals surface area (Å²) in [4.78, 5) is 27.7. The lowest BCUT2D eigenvalue weighted by Crippen LogP contribution is -2.12. The average Bonchev–Trinajstić information content (AvgIpc) is 2.54. The van der Waals surface area contributed by atoms with Gasteiger partial charge in [-0.2, -0.15) is 0 Å². The molecule has 0 saturated carbocycles. The van der Waals surface area contributed by atoms with Gasteiger partial charge in [-0.25, -0.2) is 0 Å². The molecule has 0 saturated heterocycles. The number of benzene rings is 2. The van der Waals surface area contributed by atoms with Gasteiger partial charge in [0.05, 0.1) is 5.69 Å². The summed E-state index contributed by atoms with van der Waals surface area (Å²) in [5.41, 5.74) is 2.84. The van der Waals surface area contributed by atoms with Crippen LogP contribution in [0.2, 0.25) is 0 Å². The molecule has 2 N–H and O–H groups in total. The van der Waals surface area contributed by atoms with E-state index in [4.69, 9.17) is 0 Å². The number of rotatable bonds is 5. The molecular weight excluding hydrogens is 278 g/mol. The largest absolute Gasteiger partial charge is 0.388 e. The topological polar surface area (TPSA) is 70.6 Å². The van der Waals surface area contributed by atoms with E-state index in [1.165, 1.54) is 6.92 Å². The number of Topliss-reactive ketones (excluding diaryl/α,β-unsaturated/α-hetero) is 1. The van der Waals surface area contributed by atoms with Gasteiger partial charge in [-0.1, -0.05) is 6.07 Å². The van der Waals surface area contributed by atoms with E-state index < -0.39 is 0 Å². The first-order valence-corrected chi connectivity index (χ1v) is 6.75. The Morgan fingerprint density at radius 3 is 2.36 bits per heavy atom. The van der Waals surface area contributed by atoms with Crippen LogP contribution in [0.3, 0.4) is 0 Å². The van der Waals surface area contributed by atoms with Crippen LogP contribution in [-0.2, 0) is 0 Å². The maximum Gasteiger partial charge on any atom is 0.255 e. The van der Waals surface area contributed by atoms with Crippen molar-refractivity contribution in [2.45, 2.75) is 6.92 Å². The lowest BCUT2D eigenvalue weighted by atomic mass is 10.1. The summed E-state index contributed by atoms with van der Waals surface area (Å²) >= 11 is 0. The molecule has 112 valence electrons. The Hall–Kier alpha value is -2.95. The Morgan fingerprint density at radius 1 is 1.05 bits per heavy atom. The Labute approximate surface area is 129 Å². The van der Waals surface area contributed by atoms with Crippen molar-refractivity contribution < 1.29 is 9.59 Å². The molecule has 2 aromatic rings. The molecule has 0 aliphatic heterocycles. The molecule has 1 amide bonds. The number of hydrogen-bond donors (Lipinski definition) is 2. The molecule has 0 aliphatic carbocycles. The minimum Gasteiger partial charge on any atom is -0.388 e. The molecule has 5 nitrogen and oxygen atoms in total. The zero-order chi connectivity index (χ0) is 16.1. The first-order chi connectivity index (χ1) is 10.5. The van der Waals surface area contributed by atoms with Crippen molar-refractivity contribution in [2.75, 3.05) is 17.7 Å². The first-order valence-electron chi connectivity index (χ1n) is 6.75. The van der Waals surface area contributed by atoms with Crippen LogP contribution < -0.4 is 10.6 Å². The molecule has 0 atom stereocenters. The van der Waals surface area contributed by atoms with Crippen LogP contribution in [0.25, 0.3) is 0 Å². The van der Waals surface area contributed by atoms with Crippen LogP contribution in [0.1, 0.15) is 27.6 Å². The van der Waals surface area contributed by atoms with Crippen LogP contribution in [0.4, 0.5) is 17.1 Å². The van der Waals surface area contributed by atoms with E-state index in [-0.39, 0.29) is 11.7 Å². The van der Waals surface area contributed by atoms with Crippen LogP contribution in [0.5, 0.6) is 0 Å². The molecule has 2 rings (SSSR count). The lowest BCUT2D eigenvalue weighted by molar-refractivity contribution is 0.101. The minimum atomic E-state index is -0.304. The average molecular weight is 295 g/mol. The van der Waals surface area contributed by atoms with Crippen molar-refractivity contribution in [3.63, 3.8) is 0 Å². The van der Waals surface area contributed by atoms with Gasteiger partial charge in [0, 0.05) is 29.5 Å². The fourth-order valence-electron chi connectivity index (χ4n) is 1.99. The van der Waals surface area contributed by atoms with E-state index in [2.05, 4.69) is 22.3 Å². The van der Waals surface area contributed by atoms with Gasteiger partial charge in [0.25, 0.3) is 5.91 Å². The van der Waals surface area contributed by atoms with Gasteiger partial charge in [-0.15, -0.1) is 0 Å². The predicted octanol–water partition coefficient (Wildman–Crippen LogP) is 3.52. The number of hydrogen-bond acceptors (Lipinski definition) is 4. The molecule has 0 heterocycles. The fourth-order valence-corrected chi connectivity index (χ4v) is 1.99. The lowest BCUT2D eigenvalue weighted by Gasteiger charge is -2.09. The van der Waals surface area contributed by atoms with Crippen molar-refractivity contribution in [3.05, 3.63) is 53.6 Å². The highest BCUT2D eigenvalue weighted by atomic mass is 16.1. The second-order valence-electron chi connectivity index (χ2n) is 4.77. The van der Waals surface area contributed by atoms with Crippen molar-refractivity contribution in [1.29, 1.82) is 0 Å². The Morgan fingerprint density at radius 2 is 1.73 bits per heavy atom. The van der Waals surface area contributed by atoms with Gasteiger partial charge in [-0.3, -0.25) is 14.6 Å². The van der Waals surface area contributed by atoms with Gasteiger partial charge in [0.2, 0.25) is 0 Å². The van der Waals surface area contributed by atoms with E-state index in [1.807, 2.05) is 18.2 Å². The third-order valence-corrected chi connectivity index (χ3v) is 3.18. The summed E-state index contributed by atoms with van der Waals surface area (Å²) in [6, 6.07) is 12.1. The van der Waals surface area contributed by atoms with Crippen LogP contribution in [-0.4, -0.2) is 25.5 Å². The summed E-state index contributed by atoms with van der Waals surface area (Å²) in [6.45, 7) is 4.88. The molecule has 0 radical (unpaired) electrons. The third-order valence-electron chi connectivity index (χ3n) is 3.18. The number of nitrogens with zero attached hydrogens (tertiary/aromatic N) is 1. The molecule has 0 aromatic heterocycles. The maximum atomic E-state index is 12.4. The highest BCUT2D eigenvalue weighted by Crippen LogP contribution is 2.20. The summed E-state index contributed by atoms with van der Waals surface area (Å²) in [7, 11) is 1.80. The number of carbonyl (C=O) groups excluding carboxylic acids is 2. The van der Waals surface area contributed by atoms with E-state index in [0.29, 0.717) is 22.5 Å². The third kappa shape index (κ3) is 3.58. The molecule has 0 bridgehead atoms. The minimum absolute atomic E-state index is 0.128. The normalized spacial score (nSPS) is 9.91. The predicted molar refractivity (Wildman–Crippen MR) is 89.6 cm³/mol. The Bertz CT molecular complexity index is 738. The molecule has 22 heavy (non-hydrogen) atoms. The van der Waals surface area contributed by atoms with Crippen LogP contribution in [0, 0.1) is 0 Å². The van der Waals surface area contributed by atoms with E-state index >= 15 is 0 Å². The SMILES string of the molecule is C=Nc1cc(C(C)=O)cc(C(=O)Nc2cccc(NC)c2)c1. The molecule has 0 spiro atoms. The van der Waals surface area contributed by atoms with E-state index in [9.17, 15) is 9.59 Å². The fraction of sp³-hybridized carbons (Fsp3) is 0.118. The maximum absolute atomic E-state index is 12.4. The van der Waals surface area contributed by atoms with Gasteiger partial charge < -0.3 is 10.6 Å². The van der Waals surface area contributed by atoms with Gasteiger partial charge in [0.15, 0.2) is 5.78 Å². The van der Waals surface area contributed by atoms with Crippen LogP contribution >= 0.6 is 0 Å². The van der Waals surface area contributed by atoms with Gasteiger partial charge in [-0.05, 0) is 50.0 Å². The summed E-state index contributed by atoms with van der Waals surface area (Å²) in [5.74, 6) is -0.432. The smallest absolute Gasteiger partial charge is 0.255 e.